The molecule has 2 aliphatic rings. The second-order valence-corrected chi connectivity index (χ2v) is 7.28. The molecular formula is C17H25N5O. The summed E-state index contributed by atoms with van der Waals surface area (Å²) >= 11 is 0. The van der Waals surface area contributed by atoms with E-state index in [0.29, 0.717) is 11.8 Å². The fourth-order valence-electron chi connectivity index (χ4n) is 4.66. The van der Waals surface area contributed by atoms with Crippen LogP contribution in [0.4, 0.5) is 5.69 Å². The zero-order valence-electron chi connectivity index (χ0n) is 14.2. The number of rotatable bonds is 2. The predicted octanol–water partition coefficient (Wildman–Crippen LogP) is 2.12. The Morgan fingerprint density at radius 1 is 1.35 bits per heavy atom. The Bertz CT molecular complexity index is 742. The number of aliphatic hydroxyl groups is 1. The van der Waals surface area contributed by atoms with Crippen molar-refractivity contribution in [3.05, 3.63) is 17.6 Å². The lowest BCUT2D eigenvalue weighted by atomic mass is 9.69. The zero-order valence-corrected chi connectivity index (χ0v) is 14.2. The van der Waals surface area contributed by atoms with Crippen LogP contribution in [0.25, 0.3) is 5.65 Å². The van der Waals surface area contributed by atoms with E-state index in [0.717, 1.165) is 49.4 Å². The summed E-state index contributed by atoms with van der Waals surface area (Å²) in [4.78, 5) is 2.41. The van der Waals surface area contributed by atoms with Crippen molar-refractivity contribution < 1.29 is 5.11 Å². The van der Waals surface area contributed by atoms with E-state index in [2.05, 4.69) is 34.0 Å². The fraction of sp³-hybridized carbons (Fsp3) is 0.706. The van der Waals surface area contributed by atoms with Crippen LogP contribution < -0.4 is 4.90 Å². The Morgan fingerprint density at radius 3 is 2.96 bits per heavy atom. The molecule has 3 heterocycles. The maximum Gasteiger partial charge on any atom is 0.201 e. The molecule has 6 heteroatoms. The Kier molecular flexibility index (Phi) is 3.34. The molecule has 0 bridgehead atoms. The van der Waals surface area contributed by atoms with Crippen LogP contribution in [0, 0.1) is 25.7 Å². The minimum Gasteiger partial charge on any atom is -0.390 e. The van der Waals surface area contributed by atoms with Gasteiger partial charge in [0.15, 0.2) is 0 Å². The van der Waals surface area contributed by atoms with E-state index in [1.807, 2.05) is 6.92 Å². The first kappa shape index (κ1) is 14.9. The molecule has 1 N–H and O–H groups in total. The lowest BCUT2D eigenvalue weighted by Crippen LogP contribution is -2.44. The summed E-state index contributed by atoms with van der Waals surface area (Å²) in [6.45, 7) is 8.16. The molecule has 1 aliphatic heterocycles. The third-order valence-electron chi connectivity index (χ3n) is 6.14. The van der Waals surface area contributed by atoms with Crippen molar-refractivity contribution in [2.24, 2.45) is 11.8 Å². The number of hydrogen-bond acceptors (Lipinski definition) is 5. The van der Waals surface area contributed by atoms with Crippen molar-refractivity contribution in [3.63, 3.8) is 0 Å². The molecule has 23 heavy (non-hydrogen) atoms. The highest BCUT2D eigenvalue weighted by atomic mass is 16.3. The van der Waals surface area contributed by atoms with Crippen LogP contribution >= 0.6 is 0 Å². The standard InChI is InChI=1S/C17H25N5O/c1-4-17(23)7-5-6-13-8-21(9-14(13)17)15-11(2)12(3)20-22-10-18-19-16(15)22/h10,13-14,23H,4-9H2,1-3H3/t13-,14+,17-/m0/s1. The van der Waals surface area contributed by atoms with E-state index >= 15 is 0 Å². The van der Waals surface area contributed by atoms with Crippen molar-refractivity contribution in [2.75, 3.05) is 18.0 Å². The Morgan fingerprint density at radius 2 is 2.17 bits per heavy atom. The normalized spacial score (nSPS) is 30.9. The van der Waals surface area contributed by atoms with Crippen LogP contribution in [0.5, 0.6) is 0 Å². The van der Waals surface area contributed by atoms with Crippen LogP contribution in [-0.2, 0) is 0 Å². The van der Waals surface area contributed by atoms with Gasteiger partial charge in [-0.2, -0.15) is 9.61 Å². The van der Waals surface area contributed by atoms with E-state index in [9.17, 15) is 5.11 Å². The van der Waals surface area contributed by atoms with Crippen LogP contribution in [0.1, 0.15) is 43.9 Å². The molecule has 3 atom stereocenters. The second kappa shape index (κ2) is 5.16. The minimum atomic E-state index is -0.502. The van der Waals surface area contributed by atoms with Gasteiger partial charge in [-0.3, -0.25) is 0 Å². The lowest BCUT2D eigenvalue weighted by molar-refractivity contribution is -0.0597. The quantitative estimate of drug-likeness (QED) is 0.919. The van der Waals surface area contributed by atoms with Crippen molar-refractivity contribution >= 4 is 11.3 Å². The highest BCUT2D eigenvalue weighted by Gasteiger charge is 2.48. The molecule has 2 aromatic heterocycles. The molecule has 124 valence electrons. The van der Waals surface area contributed by atoms with Gasteiger partial charge in [0, 0.05) is 19.0 Å². The number of anilines is 1. The van der Waals surface area contributed by atoms with Gasteiger partial charge in [-0.1, -0.05) is 13.3 Å². The average Bonchev–Trinajstić information content (AvgIpc) is 3.16. The molecule has 2 aromatic rings. The van der Waals surface area contributed by atoms with Gasteiger partial charge in [0.05, 0.1) is 17.0 Å². The van der Waals surface area contributed by atoms with Crippen molar-refractivity contribution in [1.29, 1.82) is 0 Å². The molecule has 1 saturated heterocycles. The van der Waals surface area contributed by atoms with Crippen LogP contribution in [0.15, 0.2) is 6.33 Å². The molecular weight excluding hydrogens is 290 g/mol. The van der Waals surface area contributed by atoms with Gasteiger partial charge in [-0.05, 0) is 44.6 Å². The molecule has 0 unspecified atom stereocenters. The average molecular weight is 315 g/mol. The fourth-order valence-corrected chi connectivity index (χ4v) is 4.66. The van der Waals surface area contributed by atoms with Gasteiger partial charge in [0.1, 0.15) is 6.33 Å². The first-order valence-corrected chi connectivity index (χ1v) is 8.68. The molecule has 4 rings (SSSR count). The minimum absolute atomic E-state index is 0.358. The number of aromatic nitrogens is 4. The summed E-state index contributed by atoms with van der Waals surface area (Å²) in [7, 11) is 0. The number of nitrogens with zero attached hydrogens (tertiary/aromatic N) is 5. The maximum absolute atomic E-state index is 11.0. The number of aryl methyl sites for hydroxylation is 1. The SMILES string of the molecule is CC[C@]1(O)CCC[C@H]2CN(c3c(C)c(C)nn4cnnc34)C[C@H]21. The van der Waals surface area contributed by atoms with E-state index < -0.39 is 5.60 Å². The number of fused-ring (bicyclic) bond motifs is 2. The predicted molar refractivity (Wildman–Crippen MR) is 88.5 cm³/mol. The number of hydrogen-bond donors (Lipinski definition) is 1. The van der Waals surface area contributed by atoms with Crippen LogP contribution in [0.2, 0.25) is 0 Å². The summed E-state index contributed by atoms with van der Waals surface area (Å²) in [6.07, 6.45) is 5.80. The molecule has 0 spiro atoms. The molecule has 0 amide bonds. The van der Waals surface area contributed by atoms with Gasteiger partial charge < -0.3 is 10.0 Å². The molecule has 0 aromatic carbocycles. The van der Waals surface area contributed by atoms with Gasteiger partial charge in [0.25, 0.3) is 0 Å². The molecule has 0 radical (unpaired) electrons. The monoisotopic (exact) mass is 315 g/mol. The second-order valence-electron chi connectivity index (χ2n) is 7.28. The summed E-state index contributed by atoms with van der Waals surface area (Å²) in [6, 6.07) is 0. The van der Waals surface area contributed by atoms with Crippen molar-refractivity contribution in [3.8, 4) is 0 Å². The summed E-state index contributed by atoms with van der Waals surface area (Å²) < 4.78 is 1.77. The van der Waals surface area contributed by atoms with Crippen molar-refractivity contribution in [1.82, 2.24) is 19.8 Å². The molecule has 6 nitrogen and oxygen atoms in total. The highest BCUT2D eigenvalue weighted by molar-refractivity contribution is 5.73. The summed E-state index contributed by atoms with van der Waals surface area (Å²) in [5.74, 6) is 0.932. The Hall–Kier alpha value is -1.69. The largest absolute Gasteiger partial charge is 0.390 e. The highest BCUT2D eigenvalue weighted by Crippen LogP contribution is 2.46. The topological polar surface area (TPSA) is 66.5 Å². The maximum atomic E-state index is 11.0. The Balaban J connectivity index is 1.76. The lowest BCUT2D eigenvalue weighted by Gasteiger charge is -2.40. The van der Waals surface area contributed by atoms with Gasteiger partial charge >= 0.3 is 0 Å². The summed E-state index contributed by atoms with van der Waals surface area (Å²) in [5.41, 5.74) is 3.64. The van der Waals surface area contributed by atoms with E-state index in [-0.39, 0.29) is 0 Å². The van der Waals surface area contributed by atoms with E-state index in [4.69, 9.17) is 0 Å². The first-order chi connectivity index (χ1) is 11.0. The molecule has 2 fully saturated rings. The Labute approximate surface area is 136 Å². The zero-order chi connectivity index (χ0) is 16.2. The van der Waals surface area contributed by atoms with Crippen LogP contribution in [-0.4, -0.2) is 43.6 Å². The van der Waals surface area contributed by atoms with E-state index in [1.165, 1.54) is 12.0 Å². The molecule has 1 saturated carbocycles. The third kappa shape index (κ3) is 2.15. The molecule has 1 aliphatic carbocycles. The summed E-state index contributed by atoms with van der Waals surface area (Å²) in [5, 5.41) is 23.9. The smallest absolute Gasteiger partial charge is 0.201 e. The van der Waals surface area contributed by atoms with Crippen LogP contribution in [0.3, 0.4) is 0 Å². The van der Waals surface area contributed by atoms with Crippen molar-refractivity contribution in [2.45, 2.75) is 52.1 Å². The first-order valence-electron chi connectivity index (χ1n) is 8.68. The third-order valence-corrected chi connectivity index (χ3v) is 6.14. The van der Waals surface area contributed by atoms with Gasteiger partial charge in [-0.25, -0.2) is 0 Å². The van der Waals surface area contributed by atoms with E-state index in [1.54, 1.807) is 10.8 Å². The van der Waals surface area contributed by atoms with Gasteiger partial charge in [0.2, 0.25) is 5.65 Å². The van der Waals surface area contributed by atoms with Gasteiger partial charge in [-0.15, -0.1) is 10.2 Å².